The van der Waals surface area contributed by atoms with E-state index in [2.05, 4.69) is 36.5 Å². The minimum atomic E-state index is 0.393. The first-order valence-corrected chi connectivity index (χ1v) is 8.06. The Labute approximate surface area is 117 Å². The van der Waals surface area contributed by atoms with Gasteiger partial charge in [0.25, 0.3) is 0 Å². The number of benzene rings is 1. The fraction of sp³-hybridized carbons (Fsp3) is 0.667. The Bertz CT molecular complexity index is 413. The highest BCUT2D eigenvalue weighted by Crippen LogP contribution is 2.31. The van der Waals surface area contributed by atoms with Gasteiger partial charge in [-0.3, -0.25) is 0 Å². The van der Waals surface area contributed by atoms with Gasteiger partial charge < -0.3 is 5.32 Å². The smallest absolute Gasteiger partial charge is 0.0210 e. The summed E-state index contributed by atoms with van der Waals surface area (Å²) < 4.78 is 0. The van der Waals surface area contributed by atoms with Gasteiger partial charge in [-0.1, -0.05) is 56.4 Å². The van der Waals surface area contributed by atoms with Crippen molar-refractivity contribution in [1.29, 1.82) is 0 Å². The van der Waals surface area contributed by atoms with Gasteiger partial charge in [0.15, 0.2) is 0 Å². The van der Waals surface area contributed by atoms with Crippen LogP contribution in [0.25, 0.3) is 0 Å². The Morgan fingerprint density at radius 1 is 1.11 bits per heavy atom. The average Bonchev–Trinajstić information content (AvgIpc) is 2.80. The number of hydrogen-bond donors (Lipinski definition) is 1. The first-order chi connectivity index (χ1) is 9.23. The lowest BCUT2D eigenvalue weighted by molar-refractivity contribution is 0.314. The molecule has 0 spiro atoms. The van der Waals surface area contributed by atoms with Crippen LogP contribution >= 0.6 is 0 Å². The summed E-state index contributed by atoms with van der Waals surface area (Å²) in [6.45, 7) is 3.42. The fourth-order valence-corrected chi connectivity index (χ4v) is 3.54. The maximum atomic E-state index is 3.78. The predicted molar refractivity (Wildman–Crippen MR) is 81.2 cm³/mol. The van der Waals surface area contributed by atoms with Gasteiger partial charge in [0.05, 0.1) is 0 Å². The van der Waals surface area contributed by atoms with E-state index in [-0.39, 0.29) is 0 Å². The average molecular weight is 257 g/mol. The molecule has 0 unspecified atom stereocenters. The molecule has 3 rings (SSSR count). The van der Waals surface area contributed by atoms with Gasteiger partial charge in [0.1, 0.15) is 0 Å². The van der Waals surface area contributed by atoms with Crippen molar-refractivity contribution in [3.63, 3.8) is 0 Å². The van der Waals surface area contributed by atoms with Crippen molar-refractivity contribution in [2.45, 2.75) is 70.4 Å². The van der Waals surface area contributed by atoms with Crippen LogP contribution in [0.15, 0.2) is 24.3 Å². The lowest BCUT2D eigenvalue weighted by Gasteiger charge is -2.26. The van der Waals surface area contributed by atoms with E-state index in [9.17, 15) is 0 Å². The highest BCUT2D eigenvalue weighted by atomic mass is 15.0. The van der Waals surface area contributed by atoms with E-state index in [1.165, 1.54) is 56.9 Å². The summed E-state index contributed by atoms with van der Waals surface area (Å²) in [6, 6.07) is 9.24. The molecule has 1 nitrogen and oxygen atoms in total. The third kappa shape index (κ3) is 3.39. The SMILES string of the molecule is CC1(NCc2cccc(CC3CCC3)c2)CCCC1. The summed E-state index contributed by atoms with van der Waals surface area (Å²) in [5, 5.41) is 3.78. The second kappa shape index (κ2) is 5.66. The quantitative estimate of drug-likeness (QED) is 0.821. The Hall–Kier alpha value is -0.820. The van der Waals surface area contributed by atoms with Crippen LogP contribution in [0.4, 0.5) is 0 Å². The fourth-order valence-electron chi connectivity index (χ4n) is 3.54. The van der Waals surface area contributed by atoms with Crippen LogP contribution in [0.3, 0.4) is 0 Å². The maximum Gasteiger partial charge on any atom is 0.0210 e. The Kier molecular flexibility index (Phi) is 3.93. The van der Waals surface area contributed by atoms with Gasteiger partial charge in [-0.15, -0.1) is 0 Å². The van der Waals surface area contributed by atoms with Crippen LogP contribution in [0, 0.1) is 5.92 Å². The molecule has 19 heavy (non-hydrogen) atoms. The Morgan fingerprint density at radius 2 is 1.84 bits per heavy atom. The summed E-state index contributed by atoms with van der Waals surface area (Å²) in [4.78, 5) is 0. The number of nitrogens with one attached hydrogen (secondary N) is 1. The molecule has 0 radical (unpaired) electrons. The normalized spacial score (nSPS) is 22.4. The van der Waals surface area contributed by atoms with Crippen LogP contribution in [-0.4, -0.2) is 5.54 Å². The first-order valence-electron chi connectivity index (χ1n) is 8.06. The first kappa shape index (κ1) is 13.2. The third-order valence-electron chi connectivity index (χ3n) is 5.17. The van der Waals surface area contributed by atoms with Crippen molar-refractivity contribution in [2.75, 3.05) is 0 Å². The summed E-state index contributed by atoms with van der Waals surface area (Å²) in [5.41, 5.74) is 3.40. The standard InChI is InChI=1S/C18H27N/c1-18(10-2-3-11-18)19-14-17-9-5-8-16(13-17)12-15-6-4-7-15/h5,8-9,13,15,19H,2-4,6-7,10-12,14H2,1H3. The molecule has 104 valence electrons. The Balaban J connectivity index is 1.56. The van der Waals surface area contributed by atoms with Crippen molar-refractivity contribution in [2.24, 2.45) is 5.92 Å². The van der Waals surface area contributed by atoms with Gasteiger partial charge in [0, 0.05) is 12.1 Å². The zero-order valence-electron chi connectivity index (χ0n) is 12.3. The highest BCUT2D eigenvalue weighted by Gasteiger charge is 2.27. The van der Waals surface area contributed by atoms with E-state index in [1.54, 1.807) is 5.56 Å². The molecular weight excluding hydrogens is 230 g/mol. The molecule has 1 aromatic rings. The van der Waals surface area contributed by atoms with E-state index >= 15 is 0 Å². The third-order valence-corrected chi connectivity index (χ3v) is 5.17. The molecule has 0 amide bonds. The van der Waals surface area contributed by atoms with E-state index in [0.717, 1.165) is 12.5 Å². The topological polar surface area (TPSA) is 12.0 Å². The Morgan fingerprint density at radius 3 is 2.53 bits per heavy atom. The number of rotatable bonds is 5. The second-order valence-electron chi connectivity index (χ2n) is 6.94. The van der Waals surface area contributed by atoms with Crippen LogP contribution in [0.1, 0.15) is 63.0 Å². The predicted octanol–water partition coefficient (Wildman–Crippen LogP) is 4.45. The van der Waals surface area contributed by atoms with Gasteiger partial charge in [0.2, 0.25) is 0 Å². The molecule has 2 saturated carbocycles. The van der Waals surface area contributed by atoms with Crippen molar-refractivity contribution in [3.8, 4) is 0 Å². The molecule has 1 aromatic carbocycles. The molecule has 1 heteroatoms. The summed E-state index contributed by atoms with van der Waals surface area (Å²) in [5.74, 6) is 0.968. The van der Waals surface area contributed by atoms with Crippen molar-refractivity contribution >= 4 is 0 Å². The van der Waals surface area contributed by atoms with E-state index in [0.29, 0.717) is 5.54 Å². The van der Waals surface area contributed by atoms with Crippen molar-refractivity contribution in [1.82, 2.24) is 5.32 Å². The zero-order valence-corrected chi connectivity index (χ0v) is 12.3. The second-order valence-corrected chi connectivity index (χ2v) is 6.94. The van der Waals surface area contributed by atoms with Crippen LogP contribution < -0.4 is 5.32 Å². The summed E-state index contributed by atoms with van der Waals surface area (Å²) in [7, 11) is 0. The van der Waals surface area contributed by atoms with Crippen LogP contribution in [-0.2, 0) is 13.0 Å². The van der Waals surface area contributed by atoms with Gasteiger partial charge in [-0.2, -0.15) is 0 Å². The largest absolute Gasteiger partial charge is 0.307 e. The molecule has 0 aliphatic heterocycles. The van der Waals surface area contributed by atoms with E-state index in [1.807, 2.05) is 0 Å². The van der Waals surface area contributed by atoms with E-state index < -0.39 is 0 Å². The molecule has 2 fully saturated rings. The minimum Gasteiger partial charge on any atom is -0.307 e. The lowest BCUT2D eigenvalue weighted by atomic mass is 9.81. The number of hydrogen-bond acceptors (Lipinski definition) is 1. The van der Waals surface area contributed by atoms with Crippen LogP contribution in [0.2, 0.25) is 0 Å². The molecule has 0 aromatic heterocycles. The monoisotopic (exact) mass is 257 g/mol. The minimum absolute atomic E-state index is 0.393. The van der Waals surface area contributed by atoms with Gasteiger partial charge in [-0.25, -0.2) is 0 Å². The molecule has 0 saturated heterocycles. The summed E-state index contributed by atoms with van der Waals surface area (Å²) in [6.07, 6.45) is 11.1. The van der Waals surface area contributed by atoms with Gasteiger partial charge >= 0.3 is 0 Å². The summed E-state index contributed by atoms with van der Waals surface area (Å²) >= 11 is 0. The molecule has 0 bridgehead atoms. The molecule has 1 N–H and O–H groups in total. The van der Waals surface area contributed by atoms with Crippen molar-refractivity contribution in [3.05, 3.63) is 35.4 Å². The molecule has 2 aliphatic rings. The molecular formula is C18H27N. The lowest BCUT2D eigenvalue weighted by Crippen LogP contribution is -2.38. The molecule has 2 aliphatic carbocycles. The van der Waals surface area contributed by atoms with E-state index in [4.69, 9.17) is 0 Å². The molecule has 0 atom stereocenters. The van der Waals surface area contributed by atoms with Crippen molar-refractivity contribution < 1.29 is 0 Å². The zero-order chi connectivity index (χ0) is 13.1. The maximum absolute atomic E-state index is 3.78. The van der Waals surface area contributed by atoms with Crippen LogP contribution in [0.5, 0.6) is 0 Å². The highest BCUT2D eigenvalue weighted by molar-refractivity contribution is 5.24. The molecule has 0 heterocycles. The van der Waals surface area contributed by atoms with Gasteiger partial charge in [-0.05, 0) is 43.2 Å².